The molecule has 0 bridgehead atoms. The molecule has 1 saturated heterocycles. The van der Waals surface area contributed by atoms with E-state index in [2.05, 4.69) is 15.5 Å². The van der Waals surface area contributed by atoms with Gasteiger partial charge in [-0.05, 0) is 43.7 Å². The van der Waals surface area contributed by atoms with Crippen molar-refractivity contribution in [1.29, 1.82) is 0 Å². The van der Waals surface area contributed by atoms with Crippen molar-refractivity contribution in [3.05, 3.63) is 46.6 Å². The Morgan fingerprint density at radius 3 is 2.82 bits per heavy atom. The first kappa shape index (κ1) is 18.8. The number of benzene rings is 1. The fourth-order valence-electron chi connectivity index (χ4n) is 3.06. The number of thioether (sulfide) groups is 1. The highest BCUT2D eigenvalue weighted by molar-refractivity contribution is 8.00. The van der Waals surface area contributed by atoms with Gasteiger partial charge in [-0.1, -0.05) is 16.8 Å². The molecule has 3 heterocycles. The predicted octanol–water partition coefficient (Wildman–Crippen LogP) is 2.24. The number of amides is 2. The second-order valence-electron chi connectivity index (χ2n) is 6.47. The van der Waals surface area contributed by atoms with E-state index < -0.39 is 6.04 Å². The Bertz CT molecular complexity index is 959. The van der Waals surface area contributed by atoms with Crippen molar-refractivity contribution in [3.63, 3.8) is 0 Å². The van der Waals surface area contributed by atoms with Gasteiger partial charge in [-0.25, -0.2) is 0 Å². The average molecular weight is 421 g/mol. The van der Waals surface area contributed by atoms with E-state index in [1.165, 1.54) is 0 Å². The van der Waals surface area contributed by atoms with Crippen LogP contribution in [0.4, 0.5) is 0 Å². The van der Waals surface area contributed by atoms with Crippen LogP contribution in [-0.4, -0.2) is 50.6 Å². The van der Waals surface area contributed by atoms with Crippen LogP contribution < -0.4 is 10.1 Å². The molecule has 4 rings (SSSR count). The summed E-state index contributed by atoms with van der Waals surface area (Å²) < 4.78 is 10.7. The third kappa shape index (κ3) is 3.47. The molecule has 1 aromatic carbocycles. The van der Waals surface area contributed by atoms with Crippen molar-refractivity contribution in [1.82, 2.24) is 20.4 Å². The van der Waals surface area contributed by atoms with Gasteiger partial charge in [0.05, 0.1) is 0 Å². The number of rotatable bonds is 5. The second-order valence-corrected chi connectivity index (χ2v) is 8.01. The smallest absolute Gasteiger partial charge is 0.274 e. The highest BCUT2D eigenvalue weighted by atomic mass is 35.5. The minimum atomic E-state index is -0.613. The molecule has 2 aromatic rings. The molecule has 2 amide bonds. The number of aryl methyl sites for hydroxylation is 1. The number of hydrogen-bond acceptors (Lipinski definition) is 7. The predicted molar refractivity (Wildman–Crippen MR) is 104 cm³/mol. The number of carbonyl (C=O) groups excluding carboxylic acids is 2. The van der Waals surface area contributed by atoms with Crippen molar-refractivity contribution < 1.29 is 18.8 Å². The molecule has 10 heteroatoms. The van der Waals surface area contributed by atoms with Gasteiger partial charge in [-0.15, -0.1) is 11.8 Å². The van der Waals surface area contributed by atoms with E-state index in [0.29, 0.717) is 33.9 Å². The van der Waals surface area contributed by atoms with Crippen LogP contribution in [-0.2, 0) is 9.59 Å². The zero-order valence-corrected chi connectivity index (χ0v) is 16.7. The van der Waals surface area contributed by atoms with Gasteiger partial charge in [0.1, 0.15) is 22.9 Å². The van der Waals surface area contributed by atoms with Crippen molar-refractivity contribution >= 4 is 40.9 Å². The van der Waals surface area contributed by atoms with Crippen LogP contribution in [0.3, 0.4) is 0 Å². The molecule has 1 fully saturated rings. The third-order valence-electron chi connectivity index (χ3n) is 4.39. The summed E-state index contributed by atoms with van der Waals surface area (Å²) in [5.74, 6) is 1.49. The molecule has 0 radical (unpaired) electrons. The van der Waals surface area contributed by atoms with Gasteiger partial charge in [0, 0.05) is 10.8 Å². The van der Waals surface area contributed by atoms with Gasteiger partial charge in [0.2, 0.25) is 0 Å². The molecule has 2 aliphatic heterocycles. The number of halogens is 1. The molecule has 28 heavy (non-hydrogen) atoms. The SMILES string of the molecule is CC1=C(c2nc(C)no2)N2C(=O)[C@@H](NC(=O)COc3ccc(Cl)cc3)[C@H]2SC1. The van der Waals surface area contributed by atoms with Gasteiger partial charge in [-0.2, -0.15) is 4.98 Å². The number of nitrogens with one attached hydrogen (secondary N) is 1. The van der Waals surface area contributed by atoms with Gasteiger partial charge < -0.3 is 14.6 Å². The summed E-state index contributed by atoms with van der Waals surface area (Å²) >= 11 is 7.40. The van der Waals surface area contributed by atoms with E-state index in [1.807, 2.05) is 6.92 Å². The van der Waals surface area contributed by atoms with Crippen LogP contribution in [0.1, 0.15) is 18.6 Å². The Balaban J connectivity index is 1.39. The topological polar surface area (TPSA) is 97.6 Å². The van der Waals surface area contributed by atoms with Gasteiger partial charge >= 0.3 is 0 Å². The molecule has 0 aliphatic carbocycles. The number of carbonyl (C=O) groups is 2. The highest BCUT2D eigenvalue weighted by Gasteiger charge is 2.53. The normalized spacial score (nSPS) is 21.2. The molecule has 2 atom stereocenters. The Morgan fingerprint density at radius 2 is 2.14 bits per heavy atom. The van der Waals surface area contributed by atoms with Gasteiger partial charge in [-0.3, -0.25) is 14.5 Å². The first-order valence-corrected chi connectivity index (χ1v) is 9.99. The summed E-state index contributed by atoms with van der Waals surface area (Å²) in [4.78, 5) is 30.8. The van der Waals surface area contributed by atoms with E-state index in [9.17, 15) is 9.59 Å². The van der Waals surface area contributed by atoms with Crippen LogP contribution >= 0.6 is 23.4 Å². The monoisotopic (exact) mass is 420 g/mol. The summed E-state index contributed by atoms with van der Waals surface area (Å²) in [7, 11) is 0. The lowest BCUT2D eigenvalue weighted by Crippen LogP contribution is -2.69. The molecule has 8 nitrogen and oxygen atoms in total. The molecule has 0 unspecified atom stereocenters. The fourth-order valence-corrected chi connectivity index (χ4v) is 4.48. The van der Waals surface area contributed by atoms with Crippen LogP contribution in [0.5, 0.6) is 5.75 Å². The number of ether oxygens (including phenoxy) is 1. The van der Waals surface area contributed by atoms with E-state index in [4.69, 9.17) is 20.9 Å². The third-order valence-corrected chi connectivity index (χ3v) is 6.07. The van der Waals surface area contributed by atoms with Crippen molar-refractivity contribution in [2.75, 3.05) is 12.4 Å². The van der Waals surface area contributed by atoms with Crippen molar-refractivity contribution in [2.45, 2.75) is 25.3 Å². The van der Waals surface area contributed by atoms with E-state index >= 15 is 0 Å². The van der Waals surface area contributed by atoms with Crippen LogP contribution in [0.25, 0.3) is 5.70 Å². The zero-order valence-electron chi connectivity index (χ0n) is 15.1. The molecule has 146 valence electrons. The standard InChI is InChI=1S/C18H17ClN4O4S/c1-9-8-28-18-14(17(25)23(18)15(9)16-20-10(2)22-27-16)21-13(24)7-26-12-5-3-11(19)4-6-12/h3-6,14,18H,7-8H2,1-2H3,(H,21,24)/t14-,18-/m1/s1. The molecule has 0 saturated carbocycles. The first-order chi connectivity index (χ1) is 13.4. The molecular weight excluding hydrogens is 404 g/mol. The number of hydrogen-bond donors (Lipinski definition) is 1. The Labute approximate surface area is 170 Å². The maximum Gasteiger partial charge on any atom is 0.274 e. The molecule has 0 spiro atoms. The van der Waals surface area contributed by atoms with Crippen LogP contribution in [0.15, 0.2) is 34.4 Å². The van der Waals surface area contributed by atoms with Crippen molar-refractivity contribution in [2.24, 2.45) is 0 Å². The molecule has 1 N–H and O–H groups in total. The lowest BCUT2D eigenvalue weighted by atomic mass is 10.0. The number of β-lactam (4-membered cyclic amide) rings is 1. The number of aromatic nitrogens is 2. The zero-order chi connectivity index (χ0) is 19.8. The second kappa shape index (κ2) is 7.48. The lowest BCUT2D eigenvalue weighted by Gasteiger charge is -2.49. The highest BCUT2D eigenvalue weighted by Crippen LogP contribution is 2.43. The quantitative estimate of drug-likeness (QED) is 0.740. The minimum absolute atomic E-state index is 0.187. The summed E-state index contributed by atoms with van der Waals surface area (Å²) in [5.41, 5.74) is 1.62. The van der Waals surface area contributed by atoms with E-state index in [0.717, 1.165) is 5.57 Å². The maximum absolute atomic E-state index is 12.7. The molecule has 1 aromatic heterocycles. The molecular formula is C18H17ClN4O4S. The van der Waals surface area contributed by atoms with Crippen LogP contribution in [0, 0.1) is 6.92 Å². The summed E-state index contributed by atoms with van der Waals surface area (Å²) in [6.45, 7) is 3.46. The summed E-state index contributed by atoms with van der Waals surface area (Å²) in [6.07, 6.45) is 0. The average Bonchev–Trinajstić information content (AvgIpc) is 3.11. The number of nitrogens with zero attached hydrogens (tertiary/aromatic N) is 3. The summed E-state index contributed by atoms with van der Waals surface area (Å²) in [5, 5.41) is 6.92. The van der Waals surface area contributed by atoms with Crippen LogP contribution in [0.2, 0.25) is 5.02 Å². The maximum atomic E-state index is 12.7. The Morgan fingerprint density at radius 1 is 1.39 bits per heavy atom. The molecule has 2 aliphatic rings. The largest absolute Gasteiger partial charge is 0.484 e. The van der Waals surface area contributed by atoms with E-state index in [1.54, 1.807) is 47.9 Å². The lowest BCUT2D eigenvalue weighted by molar-refractivity contribution is -0.144. The fraction of sp³-hybridized carbons (Fsp3) is 0.333. The summed E-state index contributed by atoms with van der Waals surface area (Å²) in [6, 6.07) is 6.09. The van der Waals surface area contributed by atoms with Gasteiger partial charge in [0.25, 0.3) is 17.7 Å². The first-order valence-electron chi connectivity index (χ1n) is 8.57. The Hall–Kier alpha value is -2.52. The van der Waals surface area contributed by atoms with Crippen molar-refractivity contribution in [3.8, 4) is 5.75 Å². The van der Waals surface area contributed by atoms with E-state index in [-0.39, 0.29) is 23.8 Å². The van der Waals surface area contributed by atoms with Gasteiger partial charge in [0.15, 0.2) is 12.4 Å². The number of fused-ring (bicyclic) bond motifs is 1. The Kier molecular flexibility index (Phi) is 5.03. The minimum Gasteiger partial charge on any atom is -0.484 e.